The lowest BCUT2D eigenvalue weighted by atomic mass is 9.81. The van der Waals surface area contributed by atoms with E-state index in [2.05, 4.69) is 5.32 Å². The van der Waals surface area contributed by atoms with Crippen molar-refractivity contribution in [2.75, 3.05) is 13.1 Å². The molecule has 3 aliphatic rings. The minimum atomic E-state index is -2.83. The molecule has 1 aromatic carbocycles. The zero-order valence-corrected chi connectivity index (χ0v) is 14.4. The Kier molecular flexibility index (Phi) is 5.15. The van der Waals surface area contributed by atoms with E-state index in [1.165, 1.54) is 56.6 Å². The molecule has 9 nitrogen and oxygen atoms in total. The maximum atomic E-state index is 12.3. The number of imide groups is 2. The molecule has 0 bridgehead atoms. The predicted octanol–water partition coefficient (Wildman–Crippen LogP) is -0.461. The molecule has 9 heteroatoms. The number of amides is 4. The van der Waals surface area contributed by atoms with Crippen LogP contribution in [0.5, 0.6) is 0 Å². The summed E-state index contributed by atoms with van der Waals surface area (Å²) >= 11 is 0. The number of urea groups is 1. The van der Waals surface area contributed by atoms with Gasteiger partial charge >= 0.3 is 6.03 Å². The molecule has 0 atom stereocenters. The van der Waals surface area contributed by atoms with Crippen molar-refractivity contribution >= 4 is 29.4 Å². The Bertz CT molecular complexity index is 764. The molecule has 142 valence electrons. The van der Waals surface area contributed by atoms with Gasteiger partial charge < -0.3 is 10.4 Å². The number of rotatable bonds is 1. The van der Waals surface area contributed by atoms with Crippen LogP contribution in [-0.4, -0.2) is 53.2 Å². The number of aliphatic hydroxyl groups is 1. The summed E-state index contributed by atoms with van der Waals surface area (Å²) < 4.78 is 0. The Morgan fingerprint density at radius 3 is 1.67 bits per heavy atom. The normalized spacial score (nSPS) is 21.7. The number of Topliss-reactive ketones (excluding diaryl/α,β-unsaturated/α-hetero) is 2. The monoisotopic (exact) mass is 373 g/mol. The van der Waals surface area contributed by atoms with Gasteiger partial charge in [-0.05, 0) is 25.9 Å². The van der Waals surface area contributed by atoms with Crippen molar-refractivity contribution < 1.29 is 29.1 Å². The van der Waals surface area contributed by atoms with Crippen LogP contribution in [-0.2, 0) is 9.59 Å². The minimum Gasteiger partial charge on any atom is -0.373 e. The summed E-state index contributed by atoms with van der Waals surface area (Å²) in [5.74, 6) is -6.47. The highest BCUT2D eigenvalue weighted by Crippen LogP contribution is 2.36. The summed E-state index contributed by atoms with van der Waals surface area (Å²) in [5.41, 5.74) is -2.97. The maximum absolute atomic E-state index is 12.3. The highest BCUT2D eigenvalue weighted by atomic mass is 16.3. The lowest BCUT2D eigenvalue weighted by molar-refractivity contribution is -0.142. The zero-order chi connectivity index (χ0) is 19.6. The first-order valence-electron chi connectivity index (χ1n) is 8.64. The highest BCUT2D eigenvalue weighted by Gasteiger charge is 2.63. The summed E-state index contributed by atoms with van der Waals surface area (Å²) in [4.78, 5) is 59.2. The molecule has 0 saturated carbocycles. The second-order valence-corrected chi connectivity index (χ2v) is 6.52. The number of hydrogen-bond acceptors (Lipinski definition) is 7. The molecule has 4 N–H and O–H groups in total. The Morgan fingerprint density at radius 1 is 0.815 bits per heavy atom. The fourth-order valence-corrected chi connectivity index (χ4v) is 3.35. The van der Waals surface area contributed by atoms with Gasteiger partial charge in [0.2, 0.25) is 29.0 Å². The van der Waals surface area contributed by atoms with E-state index in [-0.39, 0.29) is 11.1 Å². The molecule has 1 aromatic rings. The molecule has 0 unspecified atom stereocenters. The van der Waals surface area contributed by atoms with Crippen molar-refractivity contribution in [3.8, 4) is 0 Å². The summed E-state index contributed by atoms with van der Waals surface area (Å²) in [6, 6.07) is 4.54. The van der Waals surface area contributed by atoms with Crippen LogP contribution >= 0.6 is 0 Å². The summed E-state index contributed by atoms with van der Waals surface area (Å²) in [6.45, 7) is 2.50. The van der Waals surface area contributed by atoms with E-state index in [0.717, 1.165) is 0 Å². The minimum absolute atomic E-state index is 0.0671. The third-order valence-corrected chi connectivity index (χ3v) is 4.73. The molecule has 27 heavy (non-hydrogen) atoms. The standard InChI is InChI=1S/C13H8N2O6.C5H11N/c16-8-5-3-1-2-4-6(5)9(17)13(8,21)7-10(18)14-12(20)15-11(7)19;1-2-4-6-5-3-1/h1-4,7,21H,(H2,14,15,18,19,20);6H,1-5H2. The van der Waals surface area contributed by atoms with E-state index in [1.807, 2.05) is 0 Å². The summed E-state index contributed by atoms with van der Waals surface area (Å²) in [6.07, 6.45) is 4.22. The van der Waals surface area contributed by atoms with Crippen LogP contribution in [0.2, 0.25) is 0 Å². The van der Waals surface area contributed by atoms with Gasteiger partial charge in [-0.15, -0.1) is 0 Å². The van der Waals surface area contributed by atoms with Crippen molar-refractivity contribution in [3.05, 3.63) is 35.4 Å². The summed E-state index contributed by atoms with van der Waals surface area (Å²) in [7, 11) is 0. The number of barbiturate groups is 1. The molecule has 0 spiro atoms. The molecule has 2 saturated heterocycles. The van der Waals surface area contributed by atoms with Crippen LogP contribution in [0.15, 0.2) is 24.3 Å². The Morgan fingerprint density at radius 2 is 1.30 bits per heavy atom. The lowest BCUT2D eigenvalue weighted by Crippen LogP contribution is -2.66. The average molecular weight is 373 g/mol. The van der Waals surface area contributed by atoms with E-state index < -0.39 is 40.9 Å². The van der Waals surface area contributed by atoms with Crippen LogP contribution in [0.1, 0.15) is 40.0 Å². The van der Waals surface area contributed by atoms with E-state index in [9.17, 15) is 29.1 Å². The first-order valence-corrected chi connectivity index (χ1v) is 8.64. The number of hydrogen-bond donors (Lipinski definition) is 4. The molecule has 0 radical (unpaired) electrons. The summed E-state index contributed by atoms with van der Waals surface area (Å²) in [5, 5.41) is 17.3. The largest absolute Gasteiger partial charge is 0.373 e. The number of fused-ring (bicyclic) bond motifs is 1. The van der Waals surface area contributed by atoms with Gasteiger partial charge in [0, 0.05) is 11.1 Å². The van der Waals surface area contributed by atoms with Gasteiger partial charge in [0.25, 0.3) is 0 Å². The number of nitrogens with one attached hydrogen (secondary N) is 3. The van der Waals surface area contributed by atoms with Gasteiger partial charge in [-0.25, -0.2) is 4.79 Å². The van der Waals surface area contributed by atoms with Gasteiger partial charge in [-0.2, -0.15) is 0 Å². The van der Waals surface area contributed by atoms with Crippen molar-refractivity contribution in [2.45, 2.75) is 24.9 Å². The molecule has 2 heterocycles. The fourth-order valence-electron chi connectivity index (χ4n) is 3.35. The van der Waals surface area contributed by atoms with Crippen molar-refractivity contribution in [1.29, 1.82) is 0 Å². The highest BCUT2D eigenvalue weighted by molar-refractivity contribution is 6.36. The number of carbonyl (C=O) groups is 5. The second kappa shape index (κ2) is 7.37. The van der Waals surface area contributed by atoms with E-state index >= 15 is 0 Å². The van der Waals surface area contributed by atoms with Crippen LogP contribution in [0.3, 0.4) is 0 Å². The molecule has 2 fully saturated rings. The molecule has 2 aliphatic heterocycles. The van der Waals surface area contributed by atoms with Crippen LogP contribution < -0.4 is 16.0 Å². The topological polar surface area (TPSA) is 142 Å². The number of benzene rings is 1. The average Bonchev–Trinajstić information content (AvgIpc) is 2.85. The van der Waals surface area contributed by atoms with Gasteiger partial charge in [-0.3, -0.25) is 29.8 Å². The molecule has 1 aliphatic carbocycles. The van der Waals surface area contributed by atoms with Crippen LogP contribution in [0.4, 0.5) is 4.79 Å². The Balaban J connectivity index is 0.000000299. The van der Waals surface area contributed by atoms with Crippen molar-refractivity contribution in [2.24, 2.45) is 5.92 Å². The van der Waals surface area contributed by atoms with E-state index in [0.29, 0.717) is 0 Å². The predicted molar refractivity (Wildman–Crippen MR) is 91.9 cm³/mol. The van der Waals surface area contributed by atoms with Gasteiger partial charge in [0.15, 0.2) is 5.92 Å². The third-order valence-electron chi connectivity index (χ3n) is 4.73. The van der Waals surface area contributed by atoms with Crippen LogP contribution in [0, 0.1) is 5.92 Å². The number of ketones is 2. The van der Waals surface area contributed by atoms with Gasteiger partial charge in [0.05, 0.1) is 0 Å². The Labute approximate surface area is 154 Å². The first-order chi connectivity index (χ1) is 12.9. The SMILES string of the molecule is C1CCNCC1.O=C1NC(=O)C(C2(O)C(=O)c3ccccc3C2=O)C(=O)N1. The van der Waals surface area contributed by atoms with E-state index in [1.54, 1.807) is 10.6 Å². The number of piperidine rings is 1. The third kappa shape index (κ3) is 3.26. The van der Waals surface area contributed by atoms with E-state index in [4.69, 9.17) is 0 Å². The Hall–Kier alpha value is -2.91. The molecule has 4 amide bonds. The zero-order valence-electron chi connectivity index (χ0n) is 14.4. The molecular weight excluding hydrogens is 354 g/mol. The lowest BCUT2D eigenvalue weighted by Gasteiger charge is -2.29. The molecule has 0 aromatic heterocycles. The first kappa shape index (κ1) is 18.9. The quantitative estimate of drug-likeness (QED) is 0.488. The maximum Gasteiger partial charge on any atom is 0.328 e. The van der Waals surface area contributed by atoms with Crippen LogP contribution in [0.25, 0.3) is 0 Å². The fraction of sp³-hybridized carbons (Fsp3) is 0.389. The molecular formula is C18H19N3O6. The van der Waals surface area contributed by atoms with Crippen molar-refractivity contribution in [1.82, 2.24) is 16.0 Å². The van der Waals surface area contributed by atoms with Crippen molar-refractivity contribution in [3.63, 3.8) is 0 Å². The second-order valence-electron chi connectivity index (χ2n) is 6.52. The number of carbonyl (C=O) groups excluding carboxylic acids is 5. The van der Waals surface area contributed by atoms with Gasteiger partial charge in [-0.1, -0.05) is 30.7 Å². The van der Waals surface area contributed by atoms with Gasteiger partial charge in [0.1, 0.15) is 0 Å². The smallest absolute Gasteiger partial charge is 0.328 e. The molecule has 4 rings (SSSR count).